The van der Waals surface area contributed by atoms with E-state index in [1.54, 1.807) is 0 Å². The Morgan fingerprint density at radius 1 is 1.50 bits per heavy atom. The highest BCUT2D eigenvalue weighted by Crippen LogP contribution is 2.32. The summed E-state index contributed by atoms with van der Waals surface area (Å²) in [6.45, 7) is 0. The first-order chi connectivity index (χ1) is 6.57. The number of rotatable bonds is 2. The second-order valence-electron chi connectivity index (χ2n) is 2.65. The Balaban J connectivity index is 3.14. The highest BCUT2D eigenvalue weighted by atomic mass is 79.9. The molecule has 14 heavy (non-hydrogen) atoms. The van der Waals surface area contributed by atoms with Crippen molar-refractivity contribution in [1.82, 2.24) is 0 Å². The first kappa shape index (κ1) is 10.9. The van der Waals surface area contributed by atoms with Crippen LogP contribution >= 0.6 is 15.9 Å². The smallest absolute Gasteiger partial charge is 0.176 e. The van der Waals surface area contributed by atoms with E-state index in [0.717, 1.165) is 6.07 Å². The Morgan fingerprint density at radius 2 is 2.14 bits per heavy atom. The molecule has 1 rings (SSSR count). The lowest BCUT2D eigenvalue weighted by Gasteiger charge is -2.05. The highest BCUT2D eigenvalue weighted by molar-refractivity contribution is 9.10. The van der Waals surface area contributed by atoms with Crippen LogP contribution in [-0.4, -0.2) is 5.11 Å². The van der Waals surface area contributed by atoms with Crippen LogP contribution in [0.2, 0.25) is 0 Å². The second kappa shape index (κ2) is 4.38. The van der Waals surface area contributed by atoms with Crippen molar-refractivity contribution in [1.29, 1.82) is 5.26 Å². The van der Waals surface area contributed by atoms with Crippen LogP contribution in [0.1, 0.15) is 12.0 Å². The number of phenolic OH excluding ortho intramolecular Hbond substituents is 1. The summed E-state index contributed by atoms with van der Waals surface area (Å²) >= 11 is 2.72. The fourth-order valence-corrected chi connectivity index (χ4v) is 1.46. The van der Waals surface area contributed by atoms with Gasteiger partial charge in [-0.1, -0.05) is 0 Å². The summed E-state index contributed by atoms with van der Waals surface area (Å²) in [5.41, 5.74) is 0.220. The van der Waals surface area contributed by atoms with Crippen molar-refractivity contribution in [3.63, 3.8) is 0 Å². The number of hydrogen-bond acceptors (Lipinski definition) is 2. The molecule has 0 radical (unpaired) electrons. The van der Waals surface area contributed by atoms with Crippen molar-refractivity contribution in [2.75, 3.05) is 0 Å². The average molecular weight is 262 g/mol. The maximum absolute atomic E-state index is 12.8. The van der Waals surface area contributed by atoms with Gasteiger partial charge in [-0.25, -0.2) is 8.78 Å². The fourth-order valence-electron chi connectivity index (χ4n) is 1.02. The molecule has 0 unspecified atom stereocenters. The summed E-state index contributed by atoms with van der Waals surface area (Å²) in [5.74, 6) is -2.51. The molecule has 1 aromatic carbocycles. The van der Waals surface area contributed by atoms with Gasteiger partial charge in [-0.15, -0.1) is 0 Å². The van der Waals surface area contributed by atoms with Crippen LogP contribution in [0.25, 0.3) is 0 Å². The van der Waals surface area contributed by atoms with E-state index in [9.17, 15) is 13.9 Å². The maximum atomic E-state index is 12.8. The van der Waals surface area contributed by atoms with Crippen molar-refractivity contribution >= 4 is 15.9 Å². The number of aromatic hydroxyl groups is 1. The molecule has 0 atom stereocenters. The molecular weight excluding hydrogens is 256 g/mol. The van der Waals surface area contributed by atoms with Gasteiger partial charge in [-0.3, -0.25) is 0 Å². The quantitative estimate of drug-likeness (QED) is 0.833. The zero-order valence-electron chi connectivity index (χ0n) is 7.02. The maximum Gasteiger partial charge on any atom is 0.176 e. The molecule has 2 nitrogen and oxygen atoms in total. The lowest BCUT2D eigenvalue weighted by Crippen LogP contribution is -1.93. The van der Waals surface area contributed by atoms with Crippen LogP contribution in [0.3, 0.4) is 0 Å². The topological polar surface area (TPSA) is 44.0 Å². The summed E-state index contributed by atoms with van der Waals surface area (Å²) in [7, 11) is 0. The van der Waals surface area contributed by atoms with Crippen LogP contribution in [0.5, 0.6) is 5.75 Å². The minimum atomic E-state index is -1.12. The summed E-state index contributed by atoms with van der Waals surface area (Å²) in [4.78, 5) is 0. The van der Waals surface area contributed by atoms with Gasteiger partial charge in [-0.05, 0) is 34.0 Å². The lowest BCUT2D eigenvalue weighted by molar-refractivity contribution is 0.441. The number of phenols is 1. The van der Waals surface area contributed by atoms with Gasteiger partial charge >= 0.3 is 0 Å². The van der Waals surface area contributed by atoms with Gasteiger partial charge < -0.3 is 5.11 Å². The molecule has 1 N–H and O–H groups in total. The predicted molar refractivity (Wildman–Crippen MR) is 49.7 cm³/mol. The first-order valence-electron chi connectivity index (χ1n) is 3.80. The van der Waals surface area contributed by atoms with Gasteiger partial charge in [-0.2, -0.15) is 5.26 Å². The molecule has 0 saturated carbocycles. The zero-order valence-corrected chi connectivity index (χ0v) is 8.61. The van der Waals surface area contributed by atoms with Crippen molar-refractivity contribution in [2.45, 2.75) is 12.8 Å². The van der Waals surface area contributed by atoms with Gasteiger partial charge in [0.15, 0.2) is 11.6 Å². The summed E-state index contributed by atoms with van der Waals surface area (Å²) in [6.07, 6.45) is 0.337. The van der Waals surface area contributed by atoms with Crippen molar-refractivity contribution in [3.8, 4) is 11.8 Å². The fraction of sp³-hybridized carbons (Fsp3) is 0.222. The zero-order chi connectivity index (χ0) is 10.7. The van der Waals surface area contributed by atoms with Crippen LogP contribution < -0.4 is 0 Å². The minimum absolute atomic E-state index is 0.144. The number of nitrogens with zero attached hydrogens (tertiary/aromatic N) is 1. The monoisotopic (exact) mass is 261 g/mol. The Kier molecular flexibility index (Phi) is 3.42. The third kappa shape index (κ3) is 2.02. The highest BCUT2D eigenvalue weighted by Gasteiger charge is 2.15. The number of hydrogen-bond donors (Lipinski definition) is 1. The lowest BCUT2D eigenvalue weighted by atomic mass is 10.1. The third-order valence-electron chi connectivity index (χ3n) is 1.72. The van der Waals surface area contributed by atoms with E-state index in [4.69, 9.17) is 5.26 Å². The number of nitriles is 1. The molecule has 0 amide bonds. The average Bonchev–Trinajstić information content (AvgIpc) is 2.18. The Hall–Kier alpha value is -1.15. The second-order valence-corrected chi connectivity index (χ2v) is 3.45. The van der Waals surface area contributed by atoms with E-state index >= 15 is 0 Å². The van der Waals surface area contributed by atoms with Gasteiger partial charge in [0.1, 0.15) is 5.75 Å². The van der Waals surface area contributed by atoms with E-state index < -0.39 is 11.6 Å². The number of benzene rings is 1. The largest absolute Gasteiger partial charge is 0.506 e. The van der Waals surface area contributed by atoms with E-state index in [2.05, 4.69) is 15.9 Å². The minimum Gasteiger partial charge on any atom is -0.506 e. The standard InChI is InChI=1S/C9H6BrF2NO/c10-7-8(12)6(11)4-5(9(7)14)2-1-3-13/h4,14H,1-2H2. The van der Waals surface area contributed by atoms with Crippen LogP contribution in [0.4, 0.5) is 8.78 Å². The van der Waals surface area contributed by atoms with Crippen LogP contribution in [0.15, 0.2) is 10.5 Å². The van der Waals surface area contributed by atoms with Crippen molar-refractivity contribution in [3.05, 3.63) is 27.7 Å². The molecule has 0 spiro atoms. The molecule has 1 aromatic rings. The van der Waals surface area contributed by atoms with Gasteiger partial charge in [0.05, 0.1) is 10.5 Å². The molecule has 0 heterocycles. The molecular formula is C9H6BrF2NO. The SMILES string of the molecule is N#CCCc1cc(F)c(F)c(Br)c1O. The Morgan fingerprint density at radius 3 is 2.71 bits per heavy atom. The number of halogens is 3. The normalized spacial score (nSPS) is 9.86. The predicted octanol–water partition coefficient (Wildman–Crippen LogP) is 2.89. The molecule has 5 heteroatoms. The van der Waals surface area contributed by atoms with Gasteiger partial charge in [0, 0.05) is 6.42 Å². The third-order valence-corrected chi connectivity index (χ3v) is 2.45. The van der Waals surface area contributed by atoms with Gasteiger partial charge in [0.2, 0.25) is 0 Å². The summed E-state index contributed by atoms with van der Waals surface area (Å²) in [5, 5.41) is 17.7. The van der Waals surface area contributed by atoms with E-state index in [-0.39, 0.29) is 28.6 Å². The van der Waals surface area contributed by atoms with E-state index in [1.165, 1.54) is 0 Å². The van der Waals surface area contributed by atoms with Gasteiger partial charge in [0.25, 0.3) is 0 Å². The van der Waals surface area contributed by atoms with Crippen molar-refractivity contribution < 1.29 is 13.9 Å². The molecule has 0 aliphatic rings. The van der Waals surface area contributed by atoms with Crippen LogP contribution in [0, 0.1) is 23.0 Å². The summed E-state index contributed by atoms with van der Waals surface area (Å²) < 4.78 is 25.4. The molecule has 0 saturated heterocycles. The molecule has 0 aliphatic carbocycles. The van der Waals surface area contributed by atoms with E-state index in [0.29, 0.717) is 0 Å². The Labute approximate surface area is 87.9 Å². The molecule has 74 valence electrons. The molecule has 0 fully saturated rings. The summed E-state index contributed by atoms with van der Waals surface area (Å²) in [6, 6.07) is 2.75. The molecule has 0 bridgehead atoms. The first-order valence-corrected chi connectivity index (χ1v) is 4.59. The van der Waals surface area contributed by atoms with Crippen LogP contribution in [-0.2, 0) is 6.42 Å². The van der Waals surface area contributed by atoms with Crippen molar-refractivity contribution in [2.24, 2.45) is 0 Å². The van der Waals surface area contributed by atoms with E-state index in [1.807, 2.05) is 6.07 Å². The number of aryl methyl sites for hydroxylation is 1. The molecule has 0 aliphatic heterocycles. The Bertz CT molecular complexity index is 401. The molecule has 0 aromatic heterocycles.